The first kappa shape index (κ1) is 20.7. The summed E-state index contributed by atoms with van der Waals surface area (Å²) < 4.78 is 14.7. The third-order valence-electron chi connectivity index (χ3n) is 4.43. The van der Waals surface area contributed by atoms with Crippen LogP contribution in [0.2, 0.25) is 0 Å². The standard InChI is InChI=1S/C21H17N3O6/c1-5-30-20(26)14-13(9-22)24-17-11-8-10(2)6-7-12(11)23-18(21(27)29-4)16(15(14)17)19(25)28-3/h6-8H,5H2,1-4H3. The number of carbonyl (C=O) groups excluding carboxylic acids is 3. The van der Waals surface area contributed by atoms with Crippen LogP contribution < -0.4 is 0 Å². The van der Waals surface area contributed by atoms with Crippen LogP contribution in [0.25, 0.3) is 22.2 Å². The van der Waals surface area contributed by atoms with Crippen LogP contribution in [0.15, 0.2) is 18.2 Å². The van der Waals surface area contributed by atoms with Gasteiger partial charge in [0.1, 0.15) is 17.2 Å². The number of hydrogen-bond acceptors (Lipinski definition) is 9. The molecule has 0 aromatic heterocycles. The van der Waals surface area contributed by atoms with Gasteiger partial charge < -0.3 is 14.2 Å². The predicted octanol–water partition coefficient (Wildman–Crippen LogP) is 2.66. The Kier molecular flexibility index (Phi) is 5.60. The van der Waals surface area contributed by atoms with Gasteiger partial charge in [0.2, 0.25) is 0 Å². The zero-order valence-electron chi connectivity index (χ0n) is 16.7. The van der Waals surface area contributed by atoms with Crippen molar-refractivity contribution in [2.45, 2.75) is 13.8 Å². The summed E-state index contributed by atoms with van der Waals surface area (Å²) in [5.41, 5.74) is 0.0931. The van der Waals surface area contributed by atoms with E-state index in [9.17, 15) is 19.6 Å². The average molecular weight is 407 g/mol. The zero-order chi connectivity index (χ0) is 22.0. The lowest BCUT2D eigenvalue weighted by molar-refractivity contribution is 0.0524. The van der Waals surface area contributed by atoms with Gasteiger partial charge in [-0.3, -0.25) is 0 Å². The minimum atomic E-state index is -0.938. The highest BCUT2D eigenvalue weighted by atomic mass is 16.5. The number of esters is 3. The van der Waals surface area contributed by atoms with Gasteiger partial charge in [0, 0.05) is 10.9 Å². The molecule has 30 heavy (non-hydrogen) atoms. The third kappa shape index (κ3) is 3.28. The number of nitriles is 1. The molecule has 0 radical (unpaired) electrons. The van der Waals surface area contributed by atoms with Gasteiger partial charge in [-0.25, -0.2) is 24.4 Å². The van der Waals surface area contributed by atoms with Gasteiger partial charge in [-0.1, -0.05) is 11.6 Å². The van der Waals surface area contributed by atoms with Crippen LogP contribution >= 0.6 is 0 Å². The van der Waals surface area contributed by atoms with E-state index in [1.54, 1.807) is 25.1 Å². The fourth-order valence-corrected chi connectivity index (χ4v) is 3.16. The Morgan fingerprint density at radius 3 is 2.33 bits per heavy atom. The lowest BCUT2D eigenvalue weighted by atomic mass is 9.98. The molecule has 0 unspecified atom stereocenters. The second-order valence-electron chi connectivity index (χ2n) is 6.23. The van der Waals surface area contributed by atoms with E-state index in [2.05, 4.69) is 9.97 Å². The summed E-state index contributed by atoms with van der Waals surface area (Å²) in [6.45, 7) is 3.47. The SMILES string of the molecule is CCOC(=O)c1c(C#N)nc2c3cc(C)ccc3nc(C(=O)OC)c(C(=O)OC)c1-2. The minimum Gasteiger partial charge on any atom is -0.465 e. The first-order chi connectivity index (χ1) is 14.4. The van der Waals surface area contributed by atoms with Crippen molar-refractivity contribution in [2.24, 2.45) is 0 Å². The van der Waals surface area contributed by atoms with Crippen LogP contribution in [-0.2, 0) is 14.2 Å². The molecule has 1 aromatic carbocycles. The number of aryl methyl sites for hydroxylation is 1. The number of benzene rings is 1. The first-order valence-electron chi connectivity index (χ1n) is 8.89. The number of methoxy groups -OCH3 is 2. The van der Waals surface area contributed by atoms with Crippen LogP contribution in [0.1, 0.15) is 49.4 Å². The Morgan fingerprint density at radius 2 is 1.73 bits per heavy atom. The van der Waals surface area contributed by atoms with Gasteiger partial charge in [0.05, 0.1) is 32.0 Å². The fraction of sp³-hybridized carbons (Fsp3) is 0.238. The maximum Gasteiger partial charge on any atom is 0.357 e. The van der Waals surface area contributed by atoms with Crippen LogP contribution in [0.3, 0.4) is 0 Å². The molecule has 2 aliphatic heterocycles. The largest absolute Gasteiger partial charge is 0.465 e. The second kappa shape index (κ2) is 8.13. The Labute approximate surface area is 171 Å². The summed E-state index contributed by atoms with van der Waals surface area (Å²) in [5.74, 6) is -2.71. The lowest BCUT2D eigenvalue weighted by Crippen LogP contribution is -2.15. The number of ether oxygens (including phenoxy) is 3. The summed E-state index contributed by atoms with van der Waals surface area (Å²) in [5, 5.41) is 10.0. The van der Waals surface area contributed by atoms with E-state index in [1.165, 1.54) is 0 Å². The number of aromatic nitrogens is 2. The number of hydrogen-bond donors (Lipinski definition) is 0. The van der Waals surface area contributed by atoms with Crippen LogP contribution in [-0.4, -0.2) is 48.7 Å². The molecule has 0 aliphatic carbocycles. The van der Waals surface area contributed by atoms with Crippen LogP contribution in [0.4, 0.5) is 0 Å². The predicted molar refractivity (Wildman–Crippen MR) is 104 cm³/mol. The van der Waals surface area contributed by atoms with E-state index in [-0.39, 0.29) is 40.4 Å². The molecule has 2 heterocycles. The smallest absolute Gasteiger partial charge is 0.357 e. The highest BCUT2D eigenvalue weighted by Crippen LogP contribution is 2.38. The summed E-state index contributed by atoms with van der Waals surface area (Å²) in [6.07, 6.45) is 0. The molecular weight excluding hydrogens is 390 g/mol. The molecule has 9 heteroatoms. The van der Waals surface area contributed by atoms with Crippen molar-refractivity contribution in [2.75, 3.05) is 20.8 Å². The van der Waals surface area contributed by atoms with E-state index in [1.807, 2.05) is 13.0 Å². The molecule has 0 atom stereocenters. The van der Waals surface area contributed by atoms with Gasteiger partial charge in [-0.05, 0) is 26.0 Å². The van der Waals surface area contributed by atoms with Crippen molar-refractivity contribution in [1.82, 2.24) is 9.97 Å². The van der Waals surface area contributed by atoms with E-state index in [0.29, 0.717) is 10.9 Å². The Morgan fingerprint density at radius 1 is 1.03 bits per heavy atom. The highest BCUT2D eigenvalue weighted by Gasteiger charge is 2.35. The first-order valence-corrected chi connectivity index (χ1v) is 8.89. The molecule has 1 aromatic rings. The van der Waals surface area contributed by atoms with E-state index < -0.39 is 17.9 Å². The quantitative estimate of drug-likeness (QED) is 0.473. The van der Waals surface area contributed by atoms with Crippen molar-refractivity contribution >= 4 is 28.8 Å². The van der Waals surface area contributed by atoms with Gasteiger partial charge in [-0.15, -0.1) is 0 Å². The van der Waals surface area contributed by atoms with Gasteiger partial charge >= 0.3 is 17.9 Å². The summed E-state index contributed by atoms with van der Waals surface area (Å²) in [4.78, 5) is 46.6. The maximum atomic E-state index is 12.8. The molecule has 0 amide bonds. The number of fused-ring (bicyclic) bond motifs is 3. The number of rotatable bonds is 4. The molecule has 0 bridgehead atoms. The Balaban J connectivity index is 2.65. The maximum absolute atomic E-state index is 12.8. The molecule has 9 nitrogen and oxygen atoms in total. The van der Waals surface area contributed by atoms with Crippen LogP contribution in [0.5, 0.6) is 0 Å². The van der Waals surface area contributed by atoms with Gasteiger partial charge in [0.15, 0.2) is 11.4 Å². The molecule has 0 fully saturated rings. The molecule has 152 valence electrons. The van der Waals surface area contributed by atoms with Crippen molar-refractivity contribution in [3.63, 3.8) is 0 Å². The molecular formula is C21H17N3O6. The van der Waals surface area contributed by atoms with Crippen LogP contribution in [0, 0.1) is 18.3 Å². The van der Waals surface area contributed by atoms with E-state index in [0.717, 1.165) is 19.8 Å². The minimum absolute atomic E-state index is 0.0326. The molecule has 3 rings (SSSR count). The Bertz CT molecular complexity index is 1210. The highest BCUT2D eigenvalue weighted by molar-refractivity contribution is 6.15. The summed E-state index contributed by atoms with van der Waals surface area (Å²) >= 11 is 0. The zero-order valence-corrected chi connectivity index (χ0v) is 16.7. The van der Waals surface area contributed by atoms with Crippen molar-refractivity contribution in [3.8, 4) is 17.3 Å². The Hall–Kier alpha value is -4.06. The summed E-state index contributed by atoms with van der Waals surface area (Å²) in [6, 6.07) is 7.00. The lowest BCUT2D eigenvalue weighted by Gasteiger charge is -2.08. The molecule has 0 saturated heterocycles. The topological polar surface area (TPSA) is 128 Å². The molecule has 2 aliphatic rings. The normalized spacial score (nSPS) is 10.5. The average Bonchev–Trinajstić information content (AvgIpc) is 3.06. The van der Waals surface area contributed by atoms with Crippen molar-refractivity contribution in [1.29, 1.82) is 5.26 Å². The number of carbonyl (C=O) groups is 3. The van der Waals surface area contributed by atoms with E-state index >= 15 is 0 Å². The van der Waals surface area contributed by atoms with E-state index in [4.69, 9.17) is 14.2 Å². The summed E-state index contributed by atoms with van der Waals surface area (Å²) in [7, 11) is 2.26. The second-order valence-corrected chi connectivity index (χ2v) is 6.23. The monoisotopic (exact) mass is 407 g/mol. The van der Waals surface area contributed by atoms with Crippen molar-refractivity contribution in [3.05, 3.63) is 46.3 Å². The fourth-order valence-electron chi connectivity index (χ4n) is 3.16. The molecule has 0 spiro atoms. The van der Waals surface area contributed by atoms with Gasteiger partial charge in [-0.2, -0.15) is 5.26 Å². The third-order valence-corrected chi connectivity index (χ3v) is 4.43. The molecule has 0 N–H and O–H groups in total. The molecule has 0 saturated carbocycles. The van der Waals surface area contributed by atoms with Gasteiger partial charge in [0.25, 0.3) is 0 Å². The van der Waals surface area contributed by atoms with Crippen molar-refractivity contribution < 1.29 is 28.6 Å². The number of nitrogens with zero attached hydrogens (tertiary/aromatic N) is 3.